The second-order valence-corrected chi connectivity index (χ2v) is 5.98. The van der Waals surface area contributed by atoms with Crippen molar-refractivity contribution in [3.05, 3.63) is 45.4 Å². The van der Waals surface area contributed by atoms with Gasteiger partial charge in [0.2, 0.25) is 11.5 Å². The molecule has 0 fully saturated rings. The molecule has 0 aliphatic rings. The van der Waals surface area contributed by atoms with Crippen molar-refractivity contribution in [2.75, 3.05) is 27.9 Å². The molecule has 0 bridgehead atoms. The molecule has 0 saturated carbocycles. The van der Waals surface area contributed by atoms with Crippen LogP contribution in [0, 0.1) is 3.77 Å². The van der Waals surface area contributed by atoms with Gasteiger partial charge in [-0.05, 0) is 52.9 Å². The number of rotatable bonds is 8. The van der Waals surface area contributed by atoms with E-state index in [0.29, 0.717) is 26.8 Å². The molecule has 7 nitrogen and oxygen atoms in total. The molecule has 0 aliphatic heterocycles. The van der Waals surface area contributed by atoms with Crippen molar-refractivity contribution >= 4 is 40.4 Å². The lowest BCUT2D eigenvalue weighted by atomic mass is 10.1. The summed E-state index contributed by atoms with van der Waals surface area (Å²) >= 11 is 2.02. The Hall–Kier alpha value is -2.49. The van der Waals surface area contributed by atoms with E-state index in [-0.39, 0.29) is 5.56 Å². The third-order valence-electron chi connectivity index (χ3n) is 3.31. The monoisotopic (exact) mass is 472 g/mol. The highest BCUT2D eigenvalue weighted by Gasteiger charge is 2.17. The number of hydrogen-bond acceptors (Lipinski definition) is 7. The van der Waals surface area contributed by atoms with E-state index < -0.39 is 18.4 Å². The second kappa shape index (κ2) is 9.27. The van der Waals surface area contributed by atoms with E-state index in [0.717, 1.165) is 0 Å². The number of hydrogen-bond donors (Lipinski definition) is 0. The Bertz CT molecular complexity index is 798. The highest BCUT2D eigenvalue weighted by Crippen LogP contribution is 2.38. The Morgan fingerprint density at radius 1 is 1.08 bits per heavy atom. The maximum Gasteiger partial charge on any atom is 0.331 e. The lowest BCUT2D eigenvalue weighted by Crippen LogP contribution is -2.13. The molecule has 26 heavy (non-hydrogen) atoms. The molecular formula is C18H17IO7. The van der Waals surface area contributed by atoms with Gasteiger partial charge in [-0.15, -0.1) is 0 Å². The van der Waals surface area contributed by atoms with Crippen LogP contribution in [0.2, 0.25) is 0 Å². The first-order chi connectivity index (χ1) is 12.5. The van der Waals surface area contributed by atoms with Crippen molar-refractivity contribution in [2.24, 2.45) is 0 Å². The van der Waals surface area contributed by atoms with Crippen molar-refractivity contribution < 1.29 is 33.0 Å². The van der Waals surface area contributed by atoms with Crippen LogP contribution in [-0.4, -0.2) is 39.7 Å². The van der Waals surface area contributed by atoms with E-state index in [1.807, 2.05) is 22.6 Å². The van der Waals surface area contributed by atoms with Crippen molar-refractivity contribution in [2.45, 2.75) is 0 Å². The fourth-order valence-electron chi connectivity index (χ4n) is 2.08. The summed E-state index contributed by atoms with van der Waals surface area (Å²) in [6.07, 6.45) is 2.66. The number of methoxy groups -OCH3 is 3. The summed E-state index contributed by atoms with van der Waals surface area (Å²) in [5.74, 6) is 0.514. The van der Waals surface area contributed by atoms with Crippen LogP contribution < -0.4 is 14.2 Å². The topological polar surface area (TPSA) is 84.2 Å². The van der Waals surface area contributed by atoms with Gasteiger partial charge in [-0.25, -0.2) is 4.79 Å². The van der Waals surface area contributed by atoms with Crippen LogP contribution in [0.3, 0.4) is 0 Å². The predicted molar refractivity (Wildman–Crippen MR) is 102 cm³/mol. The molecule has 2 rings (SSSR count). The van der Waals surface area contributed by atoms with Gasteiger partial charge in [0.15, 0.2) is 21.9 Å². The Labute approximate surface area is 164 Å². The normalized spacial score (nSPS) is 10.6. The van der Waals surface area contributed by atoms with E-state index >= 15 is 0 Å². The molecule has 0 saturated heterocycles. The van der Waals surface area contributed by atoms with Crippen LogP contribution in [0.5, 0.6) is 17.2 Å². The summed E-state index contributed by atoms with van der Waals surface area (Å²) in [4.78, 5) is 24.0. The SMILES string of the molecule is COc1cc(C(=O)COC(=O)C=Cc2ccc(I)o2)cc(OC)c1OC. The van der Waals surface area contributed by atoms with Crippen molar-refractivity contribution in [3.8, 4) is 17.2 Å². The van der Waals surface area contributed by atoms with Crippen LogP contribution in [0.25, 0.3) is 6.08 Å². The average molecular weight is 472 g/mol. The maximum atomic E-state index is 12.3. The minimum Gasteiger partial charge on any atom is -0.493 e. The first kappa shape index (κ1) is 19.8. The van der Waals surface area contributed by atoms with Crippen molar-refractivity contribution in [1.29, 1.82) is 0 Å². The molecule has 0 radical (unpaired) electrons. The summed E-state index contributed by atoms with van der Waals surface area (Å²) in [7, 11) is 4.37. The standard InChI is InChI=1S/C18H17IO7/c1-22-14-8-11(9-15(23-2)18(14)24-3)13(20)10-25-17(21)7-5-12-4-6-16(19)26-12/h4-9H,10H2,1-3H3. The summed E-state index contributed by atoms with van der Waals surface area (Å²) in [5, 5.41) is 0. The maximum absolute atomic E-state index is 12.3. The van der Waals surface area contributed by atoms with Crippen LogP contribution in [0.4, 0.5) is 0 Å². The van der Waals surface area contributed by atoms with Gasteiger partial charge in [-0.3, -0.25) is 4.79 Å². The molecule has 1 aromatic heterocycles. The van der Waals surface area contributed by atoms with Gasteiger partial charge in [0.25, 0.3) is 0 Å². The molecule has 0 spiro atoms. The van der Waals surface area contributed by atoms with Crippen molar-refractivity contribution in [3.63, 3.8) is 0 Å². The Kier molecular flexibility index (Phi) is 7.07. The van der Waals surface area contributed by atoms with E-state index in [2.05, 4.69) is 0 Å². The lowest BCUT2D eigenvalue weighted by Gasteiger charge is -2.13. The zero-order valence-electron chi connectivity index (χ0n) is 14.4. The largest absolute Gasteiger partial charge is 0.493 e. The van der Waals surface area contributed by atoms with Crippen LogP contribution in [0.15, 0.2) is 34.8 Å². The fourth-order valence-corrected chi connectivity index (χ4v) is 2.51. The number of benzene rings is 1. The van der Waals surface area contributed by atoms with E-state index in [9.17, 15) is 9.59 Å². The molecule has 0 amide bonds. The summed E-state index contributed by atoms with van der Waals surface area (Å²) in [5.41, 5.74) is 0.275. The third kappa shape index (κ3) is 5.01. The van der Waals surface area contributed by atoms with Gasteiger partial charge < -0.3 is 23.4 Å². The number of furan rings is 1. The van der Waals surface area contributed by atoms with Gasteiger partial charge in [0, 0.05) is 11.6 Å². The number of ketones is 1. The number of carbonyl (C=O) groups excluding carboxylic acids is 2. The van der Waals surface area contributed by atoms with Crippen LogP contribution >= 0.6 is 22.6 Å². The molecule has 2 aromatic rings. The van der Waals surface area contributed by atoms with Crippen LogP contribution in [0.1, 0.15) is 16.1 Å². The molecule has 0 N–H and O–H groups in total. The highest BCUT2D eigenvalue weighted by molar-refractivity contribution is 14.1. The zero-order valence-corrected chi connectivity index (χ0v) is 16.6. The zero-order chi connectivity index (χ0) is 19.1. The molecule has 0 unspecified atom stereocenters. The van der Waals surface area contributed by atoms with Gasteiger partial charge in [0.05, 0.1) is 21.3 Å². The predicted octanol–water partition coefficient (Wildman–Crippen LogP) is 3.35. The van der Waals surface area contributed by atoms with Crippen LogP contribution in [-0.2, 0) is 9.53 Å². The van der Waals surface area contributed by atoms with Gasteiger partial charge in [0.1, 0.15) is 5.76 Å². The van der Waals surface area contributed by atoms with Gasteiger partial charge in [-0.2, -0.15) is 0 Å². The summed E-state index contributed by atoms with van der Waals surface area (Å²) < 4.78 is 26.5. The Balaban J connectivity index is 2.03. The molecule has 1 aromatic carbocycles. The highest BCUT2D eigenvalue weighted by atomic mass is 127. The smallest absolute Gasteiger partial charge is 0.331 e. The number of esters is 1. The lowest BCUT2D eigenvalue weighted by molar-refractivity contribution is -0.136. The molecule has 138 valence electrons. The van der Waals surface area contributed by atoms with Gasteiger partial charge in [-0.1, -0.05) is 0 Å². The minimum atomic E-state index is -0.655. The molecule has 0 atom stereocenters. The Morgan fingerprint density at radius 2 is 1.73 bits per heavy atom. The quantitative estimate of drug-likeness (QED) is 0.252. The molecular weight excluding hydrogens is 455 g/mol. The third-order valence-corrected chi connectivity index (χ3v) is 3.89. The Morgan fingerprint density at radius 3 is 2.23 bits per heavy atom. The minimum absolute atomic E-state index is 0.275. The number of Topliss-reactive ketones (excluding diaryl/α,β-unsaturated/α-hetero) is 1. The molecule has 0 aliphatic carbocycles. The summed E-state index contributed by atoms with van der Waals surface area (Å²) in [6.45, 7) is -0.419. The fraction of sp³-hybridized carbons (Fsp3) is 0.222. The summed E-state index contributed by atoms with van der Waals surface area (Å²) in [6, 6.07) is 6.47. The van der Waals surface area contributed by atoms with E-state index in [1.54, 1.807) is 12.1 Å². The van der Waals surface area contributed by atoms with Gasteiger partial charge >= 0.3 is 5.97 Å². The number of halogens is 1. The first-order valence-corrected chi connectivity index (χ1v) is 8.49. The number of ether oxygens (including phenoxy) is 4. The average Bonchev–Trinajstić information content (AvgIpc) is 3.08. The van der Waals surface area contributed by atoms with Crippen molar-refractivity contribution in [1.82, 2.24) is 0 Å². The first-order valence-electron chi connectivity index (χ1n) is 7.42. The molecule has 1 heterocycles. The second-order valence-electron chi connectivity index (χ2n) is 4.92. The van der Waals surface area contributed by atoms with E-state index in [1.165, 1.54) is 45.6 Å². The number of carbonyl (C=O) groups is 2. The molecule has 8 heteroatoms. The van der Waals surface area contributed by atoms with E-state index in [4.69, 9.17) is 23.4 Å².